The van der Waals surface area contributed by atoms with Gasteiger partial charge in [-0.2, -0.15) is 0 Å². The minimum atomic E-state index is 0.288. The number of thiophene rings is 1. The lowest BCUT2D eigenvalue weighted by molar-refractivity contribution is 0.120. The van der Waals surface area contributed by atoms with E-state index in [0.29, 0.717) is 0 Å². The van der Waals surface area contributed by atoms with E-state index in [1.54, 1.807) is 24.8 Å². The van der Waals surface area contributed by atoms with Crippen molar-refractivity contribution in [1.29, 1.82) is 0 Å². The molecule has 1 aliphatic rings. The summed E-state index contributed by atoms with van der Waals surface area (Å²) in [6.07, 6.45) is 4.16. The van der Waals surface area contributed by atoms with Gasteiger partial charge in [0.1, 0.15) is 17.9 Å². The standard InChI is InChI=1S/C18H19N3O2S/c1-22-13-6-4-12(5-7-13)16-9-15-17(24-16)18(21-11-20-15)19-10-14-3-2-8-23-14/h4-7,9,11,14H,2-3,8,10H2,1H3,(H,19,20,21)/t14-/m1/s1. The summed E-state index contributed by atoms with van der Waals surface area (Å²) in [5.74, 6) is 1.75. The van der Waals surface area contributed by atoms with E-state index in [-0.39, 0.29) is 6.10 Å². The number of nitrogens with one attached hydrogen (secondary N) is 1. The number of nitrogens with zero attached hydrogens (tertiary/aromatic N) is 2. The predicted molar refractivity (Wildman–Crippen MR) is 96.9 cm³/mol. The Hall–Kier alpha value is -2.18. The summed E-state index contributed by atoms with van der Waals surface area (Å²) in [5, 5.41) is 3.43. The van der Waals surface area contributed by atoms with Gasteiger partial charge in [0, 0.05) is 18.0 Å². The van der Waals surface area contributed by atoms with Crippen LogP contribution >= 0.6 is 11.3 Å². The van der Waals surface area contributed by atoms with Crippen LogP contribution in [0.2, 0.25) is 0 Å². The molecule has 6 heteroatoms. The van der Waals surface area contributed by atoms with Crippen molar-refractivity contribution in [3.63, 3.8) is 0 Å². The predicted octanol–water partition coefficient (Wildman–Crippen LogP) is 3.96. The van der Waals surface area contributed by atoms with Gasteiger partial charge in [0.25, 0.3) is 0 Å². The van der Waals surface area contributed by atoms with E-state index in [9.17, 15) is 0 Å². The Kier molecular flexibility index (Phi) is 4.32. The number of aromatic nitrogens is 2. The van der Waals surface area contributed by atoms with Crippen LogP contribution in [-0.2, 0) is 4.74 Å². The molecular weight excluding hydrogens is 322 g/mol. The molecule has 0 saturated carbocycles. The minimum absolute atomic E-state index is 0.288. The van der Waals surface area contributed by atoms with Gasteiger partial charge in [-0.3, -0.25) is 0 Å². The van der Waals surface area contributed by atoms with Gasteiger partial charge in [0.05, 0.1) is 23.4 Å². The molecule has 0 amide bonds. The summed E-state index contributed by atoms with van der Waals surface area (Å²) in [4.78, 5) is 9.99. The van der Waals surface area contributed by atoms with Crippen molar-refractivity contribution < 1.29 is 9.47 Å². The van der Waals surface area contributed by atoms with Crippen molar-refractivity contribution in [2.24, 2.45) is 0 Å². The lowest BCUT2D eigenvalue weighted by atomic mass is 10.2. The number of fused-ring (bicyclic) bond motifs is 1. The van der Waals surface area contributed by atoms with Crippen LogP contribution in [0.3, 0.4) is 0 Å². The molecule has 0 unspecified atom stereocenters. The molecule has 1 saturated heterocycles. The van der Waals surface area contributed by atoms with E-state index in [4.69, 9.17) is 9.47 Å². The quantitative estimate of drug-likeness (QED) is 0.761. The molecule has 1 fully saturated rings. The van der Waals surface area contributed by atoms with E-state index in [0.717, 1.165) is 53.3 Å². The summed E-state index contributed by atoms with van der Waals surface area (Å²) in [5.41, 5.74) is 2.12. The first kappa shape index (κ1) is 15.4. The van der Waals surface area contributed by atoms with Gasteiger partial charge < -0.3 is 14.8 Å². The Morgan fingerprint density at radius 2 is 2.17 bits per heavy atom. The lowest BCUT2D eigenvalue weighted by Gasteiger charge is -2.11. The second-order valence-electron chi connectivity index (χ2n) is 5.79. The molecule has 0 spiro atoms. The fraction of sp³-hybridized carbons (Fsp3) is 0.333. The van der Waals surface area contributed by atoms with E-state index >= 15 is 0 Å². The van der Waals surface area contributed by atoms with Gasteiger partial charge in [0.2, 0.25) is 0 Å². The van der Waals surface area contributed by atoms with Crippen molar-refractivity contribution in [3.05, 3.63) is 36.7 Å². The zero-order valence-electron chi connectivity index (χ0n) is 13.5. The molecule has 124 valence electrons. The first-order valence-electron chi connectivity index (χ1n) is 8.08. The average molecular weight is 341 g/mol. The molecule has 0 aliphatic carbocycles. The number of benzene rings is 1. The van der Waals surface area contributed by atoms with Crippen LogP contribution < -0.4 is 10.1 Å². The van der Waals surface area contributed by atoms with Crippen molar-refractivity contribution in [2.45, 2.75) is 18.9 Å². The third-order valence-corrected chi connectivity index (χ3v) is 5.39. The first-order valence-corrected chi connectivity index (χ1v) is 8.89. The van der Waals surface area contributed by atoms with Gasteiger partial charge in [0.15, 0.2) is 0 Å². The highest BCUT2D eigenvalue weighted by molar-refractivity contribution is 7.22. The summed E-state index contributed by atoms with van der Waals surface area (Å²) in [6, 6.07) is 10.2. The highest BCUT2D eigenvalue weighted by atomic mass is 32.1. The summed E-state index contributed by atoms with van der Waals surface area (Å²) >= 11 is 1.70. The number of ether oxygens (including phenoxy) is 2. The van der Waals surface area contributed by atoms with Crippen LogP contribution in [0.5, 0.6) is 5.75 Å². The topological polar surface area (TPSA) is 56.3 Å². The van der Waals surface area contributed by atoms with E-state index < -0.39 is 0 Å². The van der Waals surface area contributed by atoms with Gasteiger partial charge in [-0.25, -0.2) is 9.97 Å². The Bertz CT molecular complexity index is 826. The molecule has 3 aromatic rings. The summed E-state index contributed by atoms with van der Waals surface area (Å²) < 4.78 is 12.0. The summed E-state index contributed by atoms with van der Waals surface area (Å²) in [6.45, 7) is 1.66. The maximum absolute atomic E-state index is 5.67. The molecule has 1 aliphatic heterocycles. The molecule has 24 heavy (non-hydrogen) atoms. The number of hydrogen-bond donors (Lipinski definition) is 1. The highest BCUT2D eigenvalue weighted by Gasteiger charge is 2.16. The molecule has 4 rings (SSSR count). The molecular formula is C18H19N3O2S. The molecule has 2 aromatic heterocycles. The van der Waals surface area contributed by atoms with Crippen LogP contribution in [0.1, 0.15) is 12.8 Å². The van der Waals surface area contributed by atoms with E-state index in [1.807, 2.05) is 12.1 Å². The number of hydrogen-bond acceptors (Lipinski definition) is 6. The molecule has 0 bridgehead atoms. The fourth-order valence-corrected chi connectivity index (χ4v) is 3.98. The van der Waals surface area contributed by atoms with Crippen LogP contribution in [0.4, 0.5) is 5.82 Å². The van der Waals surface area contributed by atoms with Gasteiger partial charge >= 0.3 is 0 Å². The van der Waals surface area contributed by atoms with E-state index in [2.05, 4.69) is 33.5 Å². The third-order valence-electron chi connectivity index (χ3n) is 4.21. The van der Waals surface area contributed by atoms with Crippen molar-refractivity contribution in [2.75, 3.05) is 25.6 Å². The van der Waals surface area contributed by atoms with Crippen LogP contribution in [0.15, 0.2) is 36.7 Å². The van der Waals surface area contributed by atoms with Gasteiger partial charge in [-0.1, -0.05) is 0 Å². The Labute approximate surface area is 144 Å². The SMILES string of the molecule is COc1ccc(-c2cc3ncnc(NC[C@H]4CCCO4)c3s2)cc1. The lowest BCUT2D eigenvalue weighted by Crippen LogP contribution is -2.18. The number of methoxy groups -OCH3 is 1. The normalized spacial score (nSPS) is 17.3. The number of anilines is 1. The third kappa shape index (κ3) is 3.07. The van der Waals surface area contributed by atoms with Crippen molar-refractivity contribution in [1.82, 2.24) is 9.97 Å². The monoisotopic (exact) mass is 341 g/mol. The van der Waals surface area contributed by atoms with Gasteiger partial charge in [-0.15, -0.1) is 11.3 Å². The molecule has 1 N–H and O–H groups in total. The van der Waals surface area contributed by atoms with Crippen LogP contribution in [-0.4, -0.2) is 36.3 Å². The Morgan fingerprint density at radius 3 is 2.92 bits per heavy atom. The first-order chi connectivity index (χ1) is 11.8. The molecule has 1 aromatic carbocycles. The van der Waals surface area contributed by atoms with Gasteiger partial charge in [-0.05, 0) is 48.7 Å². The molecule has 3 heterocycles. The molecule has 1 atom stereocenters. The Balaban J connectivity index is 1.60. The minimum Gasteiger partial charge on any atom is -0.497 e. The van der Waals surface area contributed by atoms with Crippen LogP contribution in [0.25, 0.3) is 20.7 Å². The molecule has 5 nitrogen and oxygen atoms in total. The zero-order valence-corrected chi connectivity index (χ0v) is 14.3. The fourth-order valence-electron chi connectivity index (χ4n) is 2.89. The largest absolute Gasteiger partial charge is 0.497 e. The van der Waals surface area contributed by atoms with E-state index in [1.165, 1.54) is 4.88 Å². The maximum Gasteiger partial charge on any atom is 0.147 e. The smallest absolute Gasteiger partial charge is 0.147 e. The highest BCUT2D eigenvalue weighted by Crippen LogP contribution is 2.36. The van der Waals surface area contributed by atoms with Crippen molar-refractivity contribution in [3.8, 4) is 16.2 Å². The summed E-state index contributed by atoms with van der Waals surface area (Å²) in [7, 11) is 1.68. The second kappa shape index (κ2) is 6.75. The Morgan fingerprint density at radius 1 is 1.29 bits per heavy atom. The zero-order chi connectivity index (χ0) is 16.4. The van der Waals surface area contributed by atoms with Crippen LogP contribution in [0, 0.1) is 0 Å². The average Bonchev–Trinajstić information content (AvgIpc) is 3.29. The second-order valence-corrected chi connectivity index (χ2v) is 6.84. The molecule has 0 radical (unpaired) electrons. The number of rotatable bonds is 5. The maximum atomic E-state index is 5.67. The van der Waals surface area contributed by atoms with Crippen molar-refractivity contribution >= 4 is 27.4 Å².